The van der Waals surface area contributed by atoms with Crippen LogP contribution >= 0.6 is 0 Å². The first kappa shape index (κ1) is 21.5. The molecular weight excluding hydrogens is 419 g/mol. The predicted octanol–water partition coefficient (Wildman–Crippen LogP) is 4.28. The van der Waals surface area contributed by atoms with E-state index in [9.17, 15) is 9.18 Å². The molecule has 1 N–H and O–H groups in total. The molecule has 1 fully saturated rings. The van der Waals surface area contributed by atoms with Crippen molar-refractivity contribution >= 4 is 10.9 Å². The molecule has 170 valence electrons. The molecule has 0 unspecified atom stereocenters. The number of nitrogens with one attached hydrogen (secondary N) is 1. The van der Waals surface area contributed by atoms with E-state index in [0.717, 1.165) is 40.7 Å². The highest BCUT2D eigenvalue weighted by Crippen LogP contribution is 2.29. The second-order valence-electron chi connectivity index (χ2n) is 8.96. The van der Waals surface area contributed by atoms with Crippen LogP contribution in [0.15, 0.2) is 53.3 Å². The monoisotopic (exact) mass is 446 g/mol. The standard InChI is InChI=1S/C25H27FN6O/c1-17-6-11-23-19(12-17)13-20(25(33)27-23)15-31(14-18-7-9-21(26)10-8-18)16-24-28-29-30-32(24)22-4-2-3-5-22/h6-13,22H,2-5,14-16H2,1H3,(H,27,33). The molecule has 2 aromatic heterocycles. The maximum absolute atomic E-state index is 13.4. The van der Waals surface area contributed by atoms with Crippen LogP contribution in [-0.2, 0) is 19.6 Å². The van der Waals surface area contributed by atoms with Crippen molar-refractivity contribution in [2.45, 2.75) is 58.3 Å². The van der Waals surface area contributed by atoms with Crippen molar-refractivity contribution in [2.75, 3.05) is 0 Å². The Morgan fingerprint density at radius 3 is 2.64 bits per heavy atom. The quantitative estimate of drug-likeness (QED) is 0.458. The Labute approximate surface area is 191 Å². The van der Waals surface area contributed by atoms with Gasteiger partial charge in [0.25, 0.3) is 5.56 Å². The Kier molecular flexibility index (Phi) is 6.00. The normalized spacial score (nSPS) is 14.5. The van der Waals surface area contributed by atoms with Gasteiger partial charge in [0.2, 0.25) is 0 Å². The summed E-state index contributed by atoms with van der Waals surface area (Å²) < 4.78 is 15.4. The first-order valence-corrected chi connectivity index (χ1v) is 11.4. The first-order valence-electron chi connectivity index (χ1n) is 11.4. The van der Waals surface area contributed by atoms with Gasteiger partial charge in [-0.25, -0.2) is 9.07 Å². The van der Waals surface area contributed by atoms with E-state index in [4.69, 9.17) is 0 Å². The maximum Gasteiger partial charge on any atom is 0.252 e. The molecule has 0 bridgehead atoms. The zero-order chi connectivity index (χ0) is 22.8. The largest absolute Gasteiger partial charge is 0.322 e. The molecule has 1 aliphatic carbocycles. The molecule has 5 rings (SSSR count). The molecule has 1 aliphatic rings. The minimum absolute atomic E-state index is 0.106. The Balaban J connectivity index is 1.46. The van der Waals surface area contributed by atoms with Crippen molar-refractivity contribution in [1.29, 1.82) is 0 Å². The Hall–Kier alpha value is -3.39. The fraction of sp³-hybridized carbons (Fsp3) is 0.360. The van der Waals surface area contributed by atoms with E-state index in [0.29, 0.717) is 31.2 Å². The van der Waals surface area contributed by atoms with Gasteiger partial charge in [-0.2, -0.15) is 0 Å². The molecule has 0 saturated heterocycles. The lowest BCUT2D eigenvalue weighted by molar-refractivity contribution is 0.231. The number of aromatic nitrogens is 5. The van der Waals surface area contributed by atoms with Crippen LogP contribution in [0.1, 0.15) is 54.2 Å². The number of nitrogens with zero attached hydrogens (tertiary/aromatic N) is 5. The lowest BCUT2D eigenvalue weighted by Crippen LogP contribution is -2.28. The third kappa shape index (κ3) is 4.85. The van der Waals surface area contributed by atoms with Crippen LogP contribution in [0.4, 0.5) is 4.39 Å². The summed E-state index contributed by atoms with van der Waals surface area (Å²) in [5.74, 6) is 0.522. The average Bonchev–Trinajstić information content (AvgIpc) is 3.48. The molecule has 2 aromatic carbocycles. The van der Waals surface area contributed by atoms with E-state index in [1.807, 2.05) is 29.8 Å². The van der Waals surface area contributed by atoms with Gasteiger partial charge < -0.3 is 4.98 Å². The van der Waals surface area contributed by atoms with Crippen molar-refractivity contribution in [1.82, 2.24) is 30.1 Å². The van der Waals surface area contributed by atoms with E-state index in [-0.39, 0.29) is 11.4 Å². The predicted molar refractivity (Wildman–Crippen MR) is 124 cm³/mol. The molecule has 0 aliphatic heterocycles. The van der Waals surface area contributed by atoms with Gasteiger partial charge in [0.05, 0.1) is 12.6 Å². The summed E-state index contributed by atoms with van der Waals surface area (Å²) >= 11 is 0. The van der Waals surface area contributed by atoms with Gasteiger partial charge in [0.15, 0.2) is 5.82 Å². The number of H-pyrrole nitrogens is 1. The van der Waals surface area contributed by atoms with Crippen LogP contribution in [0.25, 0.3) is 10.9 Å². The smallest absolute Gasteiger partial charge is 0.252 e. The molecule has 0 spiro atoms. The Bertz CT molecular complexity index is 1310. The van der Waals surface area contributed by atoms with Crippen LogP contribution in [0.3, 0.4) is 0 Å². The van der Waals surface area contributed by atoms with Crippen molar-refractivity contribution in [2.24, 2.45) is 0 Å². The van der Waals surface area contributed by atoms with Crippen LogP contribution < -0.4 is 5.56 Å². The zero-order valence-electron chi connectivity index (χ0n) is 18.7. The second kappa shape index (κ2) is 9.23. The van der Waals surface area contributed by atoms with Gasteiger partial charge in [-0.05, 0) is 71.5 Å². The van der Waals surface area contributed by atoms with Crippen molar-refractivity contribution in [3.63, 3.8) is 0 Å². The van der Waals surface area contributed by atoms with E-state index >= 15 is 0 Å². The number of aromatic amines is 1. The van der Waals surface area contributed by atoms with Gasteiger partial charge >= 0.3 is 0 Å². The number of rotatable bonds is 7. The molecule has 2 heterocycles. The van der Waals surface area contributed by atoms with Gasteiger partial charge in [-0.15, -0.1) is 5.10 Å². The summed E-state index contributed by atoms with van der Waals surface area (Å²) in [4.78, 5) is 18.0. The lowest BCUT2D eigenvalue weighted by atomic mass is 10.1. The number of fused-ring (bicyclic) bond motifs is 1. The highest BCUT2D eigenvalue weighted by atomic mass is 19.1. The molecule has 4 aromatic rings. The summed E-state index contributed by atoms with van der Waals surface area (Å²) in [6, 6.07) is 14.7. The number of aryl methyl sites for hydroxylation is 1. The van der Waals surface area contributed by atoms with E-state index < -0.39 is 0 Å². The molecule has 1 saturated carbocycles. The number of hydrogen-bond acceptors (Lipinski definition) is 5. The van der Waals surface area contributed by atoms with Crippen molar-refractivity contribution in [3.8, 4) is 0 Å². The molecule has 7 nitrogen and oxygen atoms in total. The third-order valence-electron chi connectivity index (χ3n) is 6.39. The Morgan fingerprint density at radius 1 is 1.06 bits per heavy atom. The van der Waals surface area contributed by atoms with Gasteiger partial charge in [-0.3, -0.25) is 9.69 Å². The van der Waals surface area contributed by atoms with Crippen molar-refractivity contribution in [3.05, 3.63) is 87.2 Å². The summed E-state index contributed by atoms with van der Waals surface area (Å²) in [5.41, 5.74) is 3.49. The fourth-order valence-electron chi connectivity index (χ4n) is 4.69. The van der Waals surface area contributed by atoms with Gasteiger partial charge in [0, 0.05) is 24.2 Å². The van der Waals surface area contributed by atoms with Crippen LogP contribution in [0.2, 0.25) is 0 Å². The first-order chi connectivity index (χ1) is 16.0. The highest BCUT2D eigenvalue weighted by Gasteiger charge is 2.23. The Morgan fingerprint density at radius 2 is 1.85 bits per heavy atom. The number of tetrazole rings is 1. The molecule has 33 heavy (non-hydrogen) atoms. The number of halogens is 1. The van der Waals surface area contributed by atoms with Gasteiger partial charge in [-0.1, -0.05) is 36.6 Å². The molecular formula is C25H27FN6O. The second-order valence-corrected chi connectivity index (χ2v) is 8.96. The van der Waals surface area contributed by atoms with E-state index in [2.05, 4.69) is 31.5 Å². The van der Waals surface area contributed by atoms with Crippen LogP contribution in [-0.4, -0.2) is 30.1 Å². The van der Waals surface area contributed by atoms with E-state index in [1.54, 1.807) is 12.1 Å². The summed E-state index contributed by atoms with van der Waals surface area (Å²) in [6.07, 6.45) is 4.55. The summed E-state index contributed by atoms with van der Waals surface area (Å²) in [6.45, 7) is 3.50. The highest BCUT2D eigenvalue weighted by molar-refractivity contribution is 5.79. The van der Waals surface area contributed by atoms with Crippen molar-refractivity contribution < 1.29 is 4.39 Å². The fourth-order valence-corrected chi connectivity index (χ4v) is 4.69. The summed E-state index contributed by atoms with van der Waals surface area (Å²) in [7, 11) is 0. The van der Waals surface area contributed by atoms with E-state index in [1.165, 1.54) is 25.0 Å². The number of hydrogen-bond donors (Lipinski definition) is 1. The lowest BCUT2D eigenvalue weighted by Gasteiger charge is -2.23. The minimum Gasteiger partial charge on any atom is -0.322 e. The van der Waals surface area contributed by atoms with Crippen LogP contribution in [0, 0.1) is 12.7 Å². The van der Waals surface area contributed by atoms with Gasteiger partial charge in [0.1, 0.15) is 5.82 Å². The molecule has 0 amide bonds. The molecule has 0 radical (unpaired) electrons. The number of pyridine rings is 1. The third-order valence-corrected chi connectivity index (χ3v) is 6.39. The molecule has 8 heteroatoms. The zero-order valence-corrected chi connectivity index (χ0v) is 18.7. The van der Waals surface area contributed by atoms with Crippen LogP contribution in [0.5, 0.6) is 0 Å². The number of benzene rings is 2. The minimum atomic E-state index is -0.267. The summed E-state index contributed by atoms with van der Waals surface area (Å²) in [5, 5.41) is 13.5. The molecule has 0 atom stereocenters. The maximum atomic E-state index is 13.4. The SMILES string of the molecule is Cc1ccc2[nH]c(=O)c(CN(Cc3ccc(F)cc3)Cc3nnnn3C3CCCC3)cc2c1. The topological polar surface area (TPSA) is 79.7 Å². The average molecular weight is 447 g/mol.